The van der Waals surface area contributed by atoms with Crippen molar-refractivity contribution in [3.05, 3.63) is 70.6 Å². The van der Waals surface area contributed by atoms with Crippen LogP contribution in [-0.2, 0) is 6.42 Å². The van der Waals surface area contributed by atoms with E-state index >= 15 is 0 Å². The lowest BCUT2D eigenvalue weighted by Gasteiger charge is -2.20. The average molecular weight is 359 g/mol. The molecule has 124 valence electrons. The van der Waals surface area contributed by atoms with Crippen molar-refractivity contribution in [3.8, 4) is 16.9 Å². The van der Waals surface area contributed by atoms with Gasteiger partial charge in [0.25, 0.3) is 0 Å². The molecule has 0 saturated heterocycles. The van der Waals surface area contributed by atoms with Crippen molar-refractivity contribution in [1.29, 1.82) is 0 Å². The molecular formula is C20H20Cl2N2. The summed E-state index contributed by atoms with van der Waals surface area (Å²) in [4.78, 5) is 4.69. The molecule has 0 spiro atoms. The summed E-state index contributed by atoms with van der Waals surface area (Å²) < 4.78 is 2.19. The van der Waals surface area contributed by atoms with Gasteiger partial charge in [-0.3, -0.25) is 4.57 Å². The van der Waals surface area contributed by atoms with Crippen molar-refractivity contribution in [3.63, 3.8) is 0 Å². The second-order valence-electron chi connectivity index (χ2n) is 7.12. The van der Waals surface area contributed by atoms with E-state index in [0.717, 1.165) is 34.2 Å². The summed E-state index contributed by atoms with van der Waals surface area (Å²) in [5, 5.41) is 1.44. The van der Waals surface area contributed by atoms with E-state index in [9.17, 15) is 0 Å². The lowest BCUT2D eigenvalue weighted by atomic mass is 9.92. The molecule has 0 atom stereocenters. The topological polar surface area (TPSA) is 17.8 Å². The molecule has 0 bridgehead atoms. The monoisotopic (exact) mass is 358 g/mol. The number of rotatable bonds is 3. The fourth-order valence-electron chi connectivity index (χ4n) is 2.72. The number of hydrogen-bond donors (Lipinski definition) is 0. The molecule has 2 aromatic carbocycles. The molecule has 3 aromatic rings. The maximum atomic E-state index is 6.18. The largest absolute Gasteiger partial charge is 0.296 e. The number of imidazole rings is 1. The molecule has 24 heavy (non-hydrogen) atoms. The molecule has 1 aromatic heterocycles. The standard InChI is InChI=1S/C20H20Cl2N2/c1-20(2,3)12-19-23-13-18(14-5-4-6-16(22)11-14)24(19)17-9-7-15(21)8-10-17/h4-11,13H,12H2,1-3H3. The first-order valence-corrected chi connectivity index (χ1v) is 8.68. The fraction of sp³-hybridized carbons (Fsp3) is 0.250. The summed E-state index contributed by atoms with van der Waals surface area (Å²) in [7, 11) is 0. The maximum absolute atomic E-state index is 6.18. The highest BCUT2D eigenvalue weighted by Crippen LogP contribution is 2.30. The minimum atomic E-state index is 0.140. The summed E-state index contributed by atoms with van der Waals surface area (Å²) in [6.45, 7) is 6.65. The fourth-order valence-corrected chi connectivity index (χ4v) is 3.04. The summed E-state index contributed by atoms with van der Waals surface area (Å²) >= 11 is 12.2. The second kappa shape index (κ2) is 6.62. The normalized spacial score (nSPS) is 11.7. The van der Waals surface area contributed by atoms with Crippen LogP contribution in [0.3, 0.4) is 0 Å². The number of hydrogen-bond acceptors (Lipinski definition) is 1. The van der Waals surface area contributed by atoms with Gasteiger partial charge in [-0.2, -0.15) is 0 Å². The van der Waals surface area contributed by atoms with Gasteiger partial charge < -0.3 is 0 Å². The Labute approximate surface area is 153 Å². The maximum Gasteiger partial charge on any atom is 0.114 e. The van der Waals surface area contributed by atoms with Crippen LogP contribution in [-0.4, -0.2) is 9.55 Å². The van der Waals surface area contributed by atoms with E-state index in [4.69, 9.17) is 28.2 Å². The zero-order valence-electron chi connectivity index (χ0n) is 14.1. The van der Waals surface area contributed by atoms with Gasteiger partial charge >= 0.3 is 0 Å². The van der Waals surface area contributed by atoms with Gasteiger partial charge in [-0.05, 0) is 41.8 Å². The molecule has 0 aliphatic heterocycles. The SMILES string of the molecule is CC(C)(C)Cc1ncc(-c2cccc(Cl)c2)n1-c1ccc(Cl)cc1. The van der Waals surface area contributed by atoms with Crippen LogP contribution in [0.25, 0.3) is 16.9 Å². The Morgan fingerprint density at radius 3 is 2.29 bits per heavy atom. The van der Waals surface area contributed by atoms with Gasteiger partial charge in [0.15, 0.2) is 0 Å². The van der Waals surface area contributed by atoms with Crippen molar-refractivity contribution < 1.29 is 0 Å². The molecule has 0 aliphatic rings. The van der Waals surface area contributed by atoms with Crippen LogP contribution >= 0.6 is 23.2 Å². The molecule has 0 saturated carbocycles. The first kappa shape index (κ1) is 17.1. The highest BCUT2D eigenvalue weighted by Gasteiger charge is 2.19. The van der Waals surface area contributed by atoms with Gasteiger partial charge in [0.1, 0.15) is 5.82 Å². The Balaban J connectivity index is 2.17. The predicted octanol–water partition coefficient (Wildman–Crippen LogP) is 6.43. The Hall–Kier alpha value is -1.77. The van der Waals surface area contributed by atoms with Crippen LogP contribution in [0.15, 0.2) is 54.7 Å². The van der Waals surface area contributed by atoms with Crippen LogP contribution in [0, 0.1) is 5.41 Å². The minimum Gasteiger partial charge on any atom is -0.296 e. The van der Waals surface area contributed by atoms with E-state index in [2.05, 4.69) is 31.4 Å². The summed E-state index contributed by atoms with van der Waals surface area (Å²) in [6.07, 6.45) is 2.79. The number of aromatic nitrogens is 2. The molecular weight excluding hydrogens is 339 g/mol. The van der Waals surface area contributed by atoms with Crippen molar-refractivity contribution in [1.82, 2.24) is 9.55 Å². The first-order valence-electron chi connectivity index (χ1n) is 7.92. The van der Waals surface area contributed by atoms with E-state index in [0.29, 0.717) is 5.02 Å². The van der Waals surface area contributed by atoms with E-state index in [1.165, 1.54) is 0 Å². The molecule has 0 fully saturated rings. The van der Waals surface area contributed by atoms with E-state index in [1.54, 1.807) is 0 Å². The van der Waals surface area contributed by atoms with E-state index < -0.39 is 0 Å². The Morgan fingerprint density at radius 2 is 1.67 bits per heavy atom. The highest BCUT2D eigenvalue weighted by atomic mass is 35.5. The van der Waals surface area contributed by atoms with Gasteiger partial charge in [-0.1, -0.05) is 56.1 Å². The van der Waals surface area contributed by atoms with Crippen molar-refractivity contribution in [2.45, 2.75) is 27.2 Å². The van der Waals surface area contributed by atoms with E-state index in [-0.39, 0.29) is 5.41 Å². The van der Waals surface area contributed by atoms with Gasteiger partial charge in [-0.15, -0.1) is 0 Å². The summed E-state index contributed by atoms with van der Waals surface area (Å²) in [5.41, 5.74) is 3.26. The smallest absolute Gasteiger partial charge is 0.114 e. The predicted molar refractivity (Wildman–Crippen MR) is 102 cm³/mol. The van der Waals surface area contributed by atoms with Crippen LogP contribution < -0.4 is 0 Å². The van der Waals surface area contributed by atoms with Crippen LogP contribution in [0.1, 0.15) is 26.6 Å². The third kappa shape index (κ3) is 3.82. The molecule has 0 radical (unpaired) electrons. The zero-order valence-corrected chi connectivity index (χ0v) is 15.6. The second-order valence-corrected chi connectivity index (χ2v) is 7.99. The van der Waals surface area contributed by atoms with E-state index in [1.807, 2.05) is 48.7 Å². The van der Waals surface area contributed by atoms with Gasteiger partial charge in [-0.25, -0.2) is 4.98 Å². The molecule has 0 N–H and O–H groups in total. The number of benzene rings is 2. The van der Waals surface area contributed by atoms with Gasteiger partial charge in [0, 0.05) is 27.7 Å². The lowest BCUT2D eigenvalue weighted by Crippen LogP contribution is -2.14. The van der Waals surface area contributed by atoms with Crippen LogP contribution in [0.4, 0.5) is 0 Å². The molecule has 0 unspecified atom stereocenters. The Bertz CT molecular complexity index is 843. The van der Waals surface area contributed by atoms with Crippen molar-refractivity contribution in [2.24, 2.45) is 5.41 Å². The third-order valence-corrected chi connectivity index (χ3v) is 4.22. The summed E-state index contributed by atoms with van der Waals surface area (Å²) in [5.74, 6) is 1.03. The molecule has 0 amide bonds. The number of halogens is 2. The molecule has 3 rings (SSSR count). The van der Waals surface area contributed by atoms with Crippen molar-refractivity contribution >= 4 is 23.2 Å². The molecule has 1 heterocycles. The third-order valence-electron chi connectivity index (χ3n) is 3.73. The lowest BCUT2D eigenvalue weighted by molar-refractivity contribution is 0.398. The summed E-state index contributed by atoms with van der Waals surface area (Å²) in [6, 6.07) is 15.7. The Kier molecular flexibility index (Phi) is 4.71. The first-order chi connectivity index (χ1) is 11.3. The minimum absolute atomic E-state index is 0.140. The quantitative estimate of drug-likeness (QED) is 0.526. The van der Waals surface area contributed by atoms with Gasteiger partial charge in [0.2, 0.25) is 0 Å². The Morgan fingerprint density at radius 1 is 0.958 bits per heavy atom. The highest BCUT2D eigenvalue weighted by molar-refractivity contribution is 6.31. The van der Waals surface area contributed by atoms with Crippen LogP contribution in [0.5, 0.6) is 0 Å². The average Bonchev–Trinajstić information content (AvgIpc) is 2.89. The van der Waals surface area contributed by atoms with Gasteiger partial charge in [0.05, 0.1) is 11.9 Å². The molecule has 2 nitrogen and oxygen atoms in total. The number of nitrogens with zero attached hydrogens (tertiary/aromatic N) is 2. The molecule has 0 aliphatic carbocycles. The molecule has 4 heteroatoms. The van der Waals surface area contributed by atoms with Crippen molar-refractivity contribution in [2.75, 3.05) is 0 Å². The zero-order chi connectivity index (χ0) is 17.3. The van der Waals surface area contributed by atoms with Crippen LogP contribution in [0.2, 0.25) is 10.0 Å².